The zero-order valence-electron chi connectivity index (χ0n) is 37.3. The molecule has 2 heterocycles. The van der Waals surface area contributed by atoms with E-state index in [1.807, 2.05) is 32.1 Å². The molecule has 5 aromatic carbocycles. The van der Waals surface area contributed by atoms with Gasteiger partial charge in [0.2, 0.25) is 0 Å². The Morgan fingerprint density at radius 1 is 0.734 bits per heavy atom. The number of hydrogen-bond donors (Lipinski definition) is 1. The Bertz CT molecular complexity index is 2270. The number of carbonyl (C=O) groups excluding carboxylic acids is 1. The normalized spacial score (nSPS) is 22.7. The summed E-state index contributed by atoms with van der Waals surface area (Å²) >= 11 is 0. The van der Waals surface area contributed by atoms with Gasteiger partial charge in [-0.05, 0) is 110 Å². The number of benzene rings is 5. The van der Waals surface area contributed by atoms with Crippen LogP contribution in [0.4, 0.5) is 5.69 Å². The SMILES string of the molecule is COC(=O)C1=C2Nc3ccccc3[C@]23CCN([C@@H](C)[C]2[CH][CH][CH][C]2P(c2ccccc2)c2ccccc2)[C@@H]3[C@@H](O[Si](c2ccccc2)(c2ccccc2)C(C)(C)C)C1.[CH]1[CH][CH][CH][CH]1.[Fe+2]. The molecule has 5 nitrogen and oxygen atoms in total. The molecular formula is C56H57FeN2O3PSi+2. The van der Waals surface area contributed by atoms with Crippen LogP contribution in [0, 0.1) is 62.9 Å². The molecule has 64 heavy (non-hydrogen) atoms. The van der Waals surface area contributed by atoms with Crippen LogP contribution in [0.15, 0.2) is 157 Å². The van der Waals surface area contributed by atoms with Gasteiger partial charge in [0.25, 0.3) is 8.32 Å². The maximum Gasteiger partial charge on any atom is 2.00 e. The number of carbonyl (C=O) groups is 1. The number of esters is 1. The number of fused-ring (bicyclic) bond motifs is 1. The maximum absolute atomic E-state index is 14.1. The minimum Gasteiger partial charge on any atom is -0.466 e. The van der Waals surface area contributed by atoms with E-state index >= 15 is 0 Å². The van der Waals surface area contributed by atoms with E-state index in [0.29, 0.717) is 12.0 Å². The molecule has 3 fully saturated rings. The molecule has 3 aliphatic carbocycles. The Morgan fingerprint density at radius 2 is 1.25 bits per heavy atom. The fourth-order valence-electron chi connectivity index (χ4n) is 10.9. The number of nitrogens with zero attached hydrogens (tertiary/aromatic N) is 1. The van der Waals surface area contributed by atoms with E-state index in [1.54, 1.807) is 0 Å². The van der Waals surface area contributed by atoms with Gasteiger partial charge in [-0.25, -0.2) is 4.79 Å². The molecular weight excluding hydrogens is 864 g/mol. The summed E-state index contributed by atoms with van der Waals surface area (Å²) in [6, 6.07) is 52.5. The van der Waals surface area contributed by atoms with Gasteiger partial charge in [0.15, 0.2) is 0 Å². The first-order valence-electron chi connectivity index (χ1n) is 22.2. The fourth-order valence-corrected chi connectivity index (χ4v) is 18.2. The van der Waals surface area contributed by atoms with E-state index in [4.69, 9.17) is 9.16 Å². The summed E-state index contributed by atoms with van der Waals surface area (Å²) in [5.41, 5.74) is 4.87. The Kier molecular flexibility index (Phi) is 14.6. The minimum atomic E-state index is -3.08. The fraction of sp³-hybridized carbons (Fsp3) is 0.232. The third-order valence-corrected chi connectivity index (χ3v) is 21.2. The number of methoxy groups -OCH3 is 1. The summed E-state index contributed by atoms with van der Waals surface area (Å²) in [4.78, 5) is 16.8. The predicted octanol–water partition coefficient (Wildman–Crippen LogP) is 9.47. The van der Waals surface area contributed by atoms with Crippen molar-refractivity contribution in [2.45, 2.75) is 69.2 Å². The number of ether oxygens (including phenoxy) is 1. The van der Waals surface area contributed by atoms with Crippen molar-refractivity contribution in [3.8, 4) is 0 Å². The summed E-state index contributed by atoms with van der Waals surface area (Å²) in [5, 5.41) is 8.71. The van der Waals surface area contributed by atoms with Crippen LogP contribution in [0.25, 0.3) is 0 Å². The second-order valence-corrected chi connectivity index (χ2v) is 24.4. The Balaban J connectivity index is 0.000000874. The van der Waals surface area contributed by atoms with Crippen LogP contribution in [-0.2, 0) is 36.4 Å². The molecule has 2 aliphatic heterocycles. The standard InChI is InChI=1S/C51H52N2O3PSi.C5H5.Fe/c1-36(41-29-20-32-46(41)57(37-21-10-6-11-22-37)38-23-12-7-13-24-38)53-34-33-51-43-30-18-19-31-44(43)52-47(51)42(49(54)55-5)35-45(48(51)53)56-58(50(2,3)4,39-25-14-8-15-26-39)40-27-16-9-17-28-40;1-2-4-5-3-1;/h6-32,36,45,48,52H,33-35H2,1-5H3;1-5H;/q;;+2/t36-,45-,48+,51+;;/m0../s1. The molecule has 1 N–H and O–H groups in total. The summed E-state index contributed by atoms with van der Waals surface area (Å²) in [7, 11) is -2.38. The molecule has 0 bridgehead atoms. The van der Waals surface area contributed by atoms with Gasteiger partial charge < -0.3 is 14.5 Å². The topological polar surface area (TPSA) is 50.8 Å². The van der Waals surface area contributed by atoms with Crippen molar-refractivity contribution >= 4 is 48.9 Å². The number of rotatable bonds is 10. The average Bonchev–Trinajstić information content (AvgIpc) is 4.17. The molecule has 10 radical (unpaired) electrons. The van der Waals surface area contributed by atoms with Crippen LogP contribution in [0.3, 0.4) is 0 Å². The van der Waals surface area contributed by atoms with E-state index in [0.717, 1.165) is 24.4 Å². The number of anilines is 1. The molecule has 5 aromatic rings. The van der Waals surface area contributed by atoms with Crippen LogP contribution in [0.2, 0.25) is 5.04 Å². The molecule has 0 aromatic heterocycles. The Labute approximate surface area is 396 Å². The van der Waals surface area contributed by atoms with Crippen molar-refractivity contribution in [2.75, 3.05) is 19.0 Å². The third-order valence-electron chi connectivity index (χ3n) is 13.6. The molecule has 8 heteroatoms. The molecule has 2 saturated carbocycles. The van der Waals surface area contributed by atoms with Gasteiger partial charge >= 0.3 is 23.0 Å². The van der Waals surface area contributed by atoms with Crippen LogP contribution in [0.5, 0.6) is 0 Å². The van der Waals surface area contributed by atoms with Gasteiger partial charge in [-0.1, -0.05) is 160 Å². The van der Waals surface area contributed by atoms with Crippen molar-refractivity contribution in [3.63, 3.8) is 0 Å². The molecule has 5 aliphatic rings. The minimum absolute atomic E-state index is 0. The summed E-state index contributed by atoms with van der Waals surface area (Å²) in [6.07, 6.45) is 17.9. The van der Waals surface area contributed by atoms with Crippen LogP contribution < -0.4 is 26.3 Å². The molecule has 10 rings (SSSR count). The molecule has 0 amide bonds. The van der Waals surface area contributed by atoms with Crippen LogP contribution >= 0.6 is 7.92 Å². The number of likely N-dealkylation sites (tertiary alicyclic amines) is 1. The average molecular weight is 921 g/mol. The number of para-hydroxylation sites is 1. The largest absolute Gasteiger partial charge is 2.00 e. The Morgan fingerprint density at radius 3 is 1.78 bits per heavy atom. The van der Waals surface area contributed by atoms with Gasteiger partial charge in [-0.15, -0.1) is 0 Å². The Hall–Kier alpha value is -3.80. The first-order valence-corrected chi connectivity index (χ1v) is 25.5. The number of nitrogens with one attached hydrogen (secondary N) is 1. The molecule has 1 saturated heterocycles. The molecule has 1 spiro atoms. The first-order chi connectivity index (χ1) is 30.7. The first kappa shape index (κ1) is 46.7. The number of hydrogen-bond acceptors (Lipinski definition) is 5. The molecule has 324 valence electrons. The monoisotopic (exact) mass is 920 g/mol. The quantitative estimate of drug-likeness (QED) is 0.0861. The van der Waals surface area contributed by atoms with E-state index in [9.17, 15) is 4.79 Å². The predicted molar refractivity (Wildman–Crippen MR) is 262 cm³/mol. The summed E-state index contributed by atoms with van der Waals surface area (Å²) < 4.78 is 13.8. The van der Waals surface area contributed by atoms with Gasteiger partial charge in [0.05, 0.1) is 30.2 Å². The van der Waals surface area contributed by atoms with Gasteiger partial charge in [0.1, 0.15) is 0 Å². The second kappa shape index (κ2) is 20.0. The van der Waals surface area contributed by atoms with Gasteiger partial charge in [-0.2, -0.15) is 0 Å². The third kappa shape index (κ3) is 8.44. The van der Waals surface area contributed by atoms with Crippen molar-refractivity contribution < 1.29 is 31.0 Å². The summed E-state index contributed by atoms with van der Waals surface area (Å²) in [5.74, 6) is 1.06. The zero-order chi connectivity index (χ0) is 43.6. The van der Waals surface area contributed by atoms with Crippen LogP contribution in [0.1, 0.15) is 46.1 Å². The summed E-state index contributed by atoms with van der Waals surface area (Å²) in [6.45, 7) is 10.3. The van der Waals surface area contributed by atoms with Crippen molar-refractivity contribution in [1.82, 2.24) is 4.90 Å². The maximum atomic E-state index is 14.1. The molecule has 4 atom stereocenters. The van der Waals surface area contributed by atoms with E-state index < -0.39 is 21.7 Å². The smallest absolute Gasteiger partial charge is 0.466 e. The van der Waals surface area contributed by atoms with E-state index in [-0.39, 0.29) is 46.3 Å². The zero-order valence-corrected chi connectivity index (χ0v) is 40.3. The van der Waals surface area contributed by atoms with Crippen molar-refractivity contribution in [2.24, 2.45) is 0 Å². The van der Waals surface area contributed by atoms with E-state index in [2.05, 4.69) is 203 Å². The van der Waals surface area contributed by atoms with Crippen molar-refractivity contribution in [3.05, 3.63) is 225 Å². The van der Waals surface area contributed by atoms with E-state index in [1.165, 1.54) is 45.2 Å². The molecule has 0 unspecified atom stereocenters. The van der Waals surface area contributed by atoms with Crippen LogP contribution in [-0.4, -0.2) is 51.0 Å². The van der Waals surface area contributed by atoms with Gasteiger partial charge in [-0.3, -0.25) is 4.90 Å². The van der Waals surface area contributed by atoms with Crippen molar-refractivity contribution in [1.29, 1.82) is 0 Å². The second-order valence-electron chi connectivity index (χ2n) is 18.0. The van der Waals surface area contributed by atoms with Gasteiger partial charge in [0, 0.05) is 42.0 Å².